The highest BCUT2D eigenvalue weighted by atomic mass is 32.2. The van der Waals surface area contributed by atoms with Crippen molar-refractivity contribution < 1.29 is 27.1 Å². The lowest BCUT2D eigenvalue weighted by Crippen LogP contribution is -2.23. The number of hydrogen-bond donors (Lipinski definition) is 3. The van der Waals surface area contributed by atoms with Crippen molar-refractivity contribution in [3.63, 3.8) is 0 Å². The van der Waals surface area contributed by atoms with Crippen LogP contribution >= 0.6 is 0 Å². The topological polar surface area (TPSA) is 127 Å². The maximum Gasteiger partial charge on any atom is 0.261 e. The monoisotopic (exact) mass is 588 g/mol. The Morgan fingerprint density at radius 3 is 2.45 bits per heavy atom. The second kappa shape index (κ2) is 13.4. The van der Waals surface area contributed by atoms with Crippen LogP contribution in [0.15, 0.2) is 113 Å². The number of hydrogen-bond acceptors (Lipinski definition) is 8. The number of ether oxygens (including phenoxy) is 1. The van der Waals surface area contributed by atoms with Crippen molar-refractivity contribution in [1.29, 1.82) is 0 Å². The fourth-order valence-electron chi connectivity index (χ4n) is 4.11. The van der Waals surface area contributed by atoms with E-state index in [0.717, 1.165) is 17.5 Å². The van der Waals surface area contributed by atoms with Gasteiger partial charge in [0.15, 0.2) is 6.61 Å². The Labute approximate surface area is 243 Å². The molecular weight excluding hydrogens is 559 g/mol. The molecule has 0 aliphatic heterocycles. The van der Waals surface area contributed by atoms with E-state index in [1.54, 1.807) is 42.7 Å². The van der Waals surface area contributed by atoms with Gasteiger partial charge in [-0.25, -0.2) is 17.8 Å². The van der Waals surface area contributed by atoms with E-state index in [4.69, 9.17) is 9.15 Å². The Kier molecular flexibility index (Phi) is 9.22. The number of aromatic nitrogens is 2. The number of benzene rings is 3. The smallest absolute Gasteiger partial charge is 0.261 e. The zero-order valence-electron chi connectivity index (χ0n) is 22.5. The number of halogens is 1. The van der Waals surface area contributed by atoms with Gasteiger partial charge in [0.2, 0.25) is 5.89 Å². The molecule has 5 rings (SSSR count). The molecule has 0 spiro atoms. The highest BCUT2D eigenvalue weighted by Crippen LogP contribution is 2.23. The van der Waals surface area contributed by atoms with Gasteiger partial charge in [-0.2, -0.15) is 0 Å². The normalized spacial score (nSPS) is 12.1. The second-order valence-corrected chi connectivity index (χ2v) is 11.1. The molecule has 0 saturated heterocycles. The fourth-order valence-corrected chi connectivity index (χ4v) is 5.17. The molecule has 0 bridgehead atoms. The van der Waals surface area contributed by atoms with E-state index in [0.29, 0.717) is 41.7 Å². The van der Waals surface area contributed by atoms with Gasteiger partial charge in [-0.3, -0.25) is 9.71 Å². The minimum atomic E-state index is -3.80. The molecule has 9 nitrogen and oxygen atoms in total. The molecule has 2 heterocycles. The van der Waals surface area contributed by atoms with Crippen LogP contribution in [0.25, 0.3) is 11.3 Å². The molecule has 0 radical (unpaired) electrons. The van der Waals surface area contributed by atoms with Gasteiger partial charge in [-0.15, -0.1) is 0 Å². The molecule has 0 unspecified atom stereocenters. The van der Waals surface area contributed by atoms with Gasteiger partial charge < -0.3 is 19.6 Å². The SMILES string of the molecule is O=S(=O)(Nc1ccc(CCNC[C@H](O)c2cccnc2)cc1)c1ccc(-c2coc(COc3ccc(F)cc3)n2)cc1. The molecule has 3 N–H and O–H groups in total. The largest absolute Gasteiger partial charge is 0.484 e. The van der Waals surface area contributed by atoms with E-state index >= 15 is 0 Å². The maximum absolute atomic E-state index is 13.0. The van der Waals surface area contributed by atoms with Crippen LogP contribution in [0.4, 0.5) is 10.1 Å². The first-order valence-corrected chi connectivity index (χ1v) is 14.7. The number of pyridine rings is 1. The first kappa shape index (κ1) is 28.9. The lowest BCUT2D eigenvalue weighted by molar-refractivity contribution is 0.174. The number of nitrogens with one attached hydrogen (secondary N) is 2. The Balaban J connectivity index is 1.11. The molecular formula is C31H29FN4O5S. The third-order valence-electron chi connectivity index (χ3n) is 6.39. The van der Waals surface area contributed by atoms with E-state index in [1.165, 1.54) is 42.7 Å². The van der Waals surface area contributed by atoms with Gasteiger partial charge in [0.1, 0.15) is 23.5 Å². The van der Waals surface area contributed by atoms with Crippen LogP contribution in [0.2, 0.25) is 0 Å². The summed E-state index contributed by atoms with van der Waals surface area (Å²) in [5.41, 5.74) is 3.44. The first-order chi connectivity index (χ1) is 20.4. The Morgan fingerprint density at radius 1 is 0.976 bits per heavy atom. The molecule has 1 atom stereocenters. The molecule has 0 amide bonds. The lowest BCUT2D eigenvalue weighted by Gasteiger charge is -2.12. The van der Waals surface area contributed by atoms with Crippen LogP contribution in [0.1, 0.15) is 23.1 Å². The molecule has 216 valence electrons. The maximum atomic E-state index is 13.0. The predicted molar refractivity (Wildman–Crippen MR) is 156 cm³/mol. The third kappa shape index (κ3) is 7.78. The van der Waals surface area contributed by atoms with Gasteiger partial charge in [-0.1, -0.05) is 30.3 Å². The Bertz CT molecular complexity index is 1680. The van der Waals surface area contributed by atoms with Crippen LogP contribution in [-0.2, 0) is 23.1 Å². The number of rotatable bonds is 13. The summed E-state index contributed by atoms with van der Waals surface area (Å²) in [6.07, 6.45) is 4.85. The highest BCUT2D eigenvalue weighted by molar-refractivity contribution is 7.92. The molecule has 5 aromatic rings. The van der Waals surface area contributed by atoms with Gasteiger partial charge in [0.05, 0.1) is 11.0 Å². The van der Waals surface area contributed by atoms with Crippen molar-refractivity contribution >= 4 is 15.7 Å². The molecule has 0 aliphatic carbocycles. The Hall–Kier alpha value is -4.58. The molecule has 11 heteroatoms. The molecule has 2 aromatic heterocycles. The van der Waals surface area contributed by atoms with Crippen molar-refractivity contribution in [3.8, 4) is 17.0 Å². The predicted octanol–water partition coefficient (Wildman–Crippen LogP) is 5.12. The van der Waals surface area contributed by atoms with Gasteiger partial charge >= 0.3 is 0 Å². The summed E-state index contributed by atoms with van der Waals surface area (Å²) in [6, 6.07) is 22.7. The number of aliphatic hydroxyl groups is 1. The van der Waals surface area contributed by atoms with Crippen LogP contribution in [0.3, 0.4) is 0 Å². The summed E-state index contributed by atoms with van der Waals surface area (Å²) in [7, 11) is -3.80. The lowest BCUT2D eigenvalue weighted by atomic mass is 10.1. The average Bonchev–Trinajstić information content (AvgIpc) is 3.49. The summed E-state index contributed by atoms with van der Waals surface area (Å²) in [5, 5.41) is 13.4. The average molecular weight is 589 g/mol. The fraction of sp³-hybridized carbons (Fsp3) is 0.161. The summed E-state index contributed by atoms with van der Waals surface area (Å²) >= 11 is 0. The molecule has 0 fully saturated rings. The van der Waals surface area contributed by atoms with Crippen molar-refractivity contribution in [1.82, 2.24) is 15.3 Å². The van der Waals surface area contributed by atoms with Crippen LogP contribution in [-0.4, -0.2) is 36.6 Å². The third-order valence-corrected chi connectivity index (χ3v) is 7.79. The zero-order chi connectivity index (χ0) is 29.4. The summed E-state index contributed by atoms with van der Waals surface area (Å²) in [5.74, 6) is 0.460. The Morgan fingerprint density at radius 2 is 1.74 bits per heavy atom. The van der Waals surface area contributed by atoms with Crippen molar-refractivity contribution in [2.75, 3.05) is 17.8 Å². The van der Waals surface area contributed by atoms with E-state index in [1.807, 2.05) is 18.2 Å². The van der Waals surface area contributed by atoms with Crippen LogP contribution < -0.4 is 14.8 Å². The van der Waals surface area contributed by atoms with Crippen LogP contribution in [0, 0.1) is 5.82 Å². The summed E-state index contributed by atoms with van der Waals surface area (Å²) < 4.78 is 52.5. The minimum Gasteiger partial charge on any atom is -0.484 e. The van der Waals surface area contributed by atoms with Gasteiger partial charge in [0.25, 0.3) is 10.0 Å². The summed E-state index contributed by atoms with van der Waals surface area (Å²) in [6.45, 7) is 1.13. The van der Waals surface area contributed by atoms with Crippen molar-refractivity contribution in [3.05, 3.63) is 126 Å². The van der Waals surface area contributed by atoms with E-state index < -0.39 is 16.1 Å². The van der Waals surface area contributed by atoms with Crippen molar-refractivity contribution in [2.24, 2.45) is 0 Å². The minimum absolute atomic E-state index is 0.0621. The number of nitrogens with zero attached hydrogens (tertiary/aromatic N) is 2. The first-order valence-electron chi connectivity index (χ1n) is 13.2. The zero-order valence-corrected chi connectivity index (χ0v) is 23.3. The molecule has 3 aromatic carbocycles. The number of oxazole rings is 1. The number of anilines is 1. The van der Waals surface area contributed by atoms with Crippen molar-refractivity contribution in [2.45, 2.75) is 24.0 Å². The highest BCUT2D eigenvalue weighted by Gasteiger charge is 2.15. The molecule has 0 aliphatic rings. The second-order valence-electron chi connectivity index (χ2n) is 9.45. The van der Waals surface area contributed by atoms with E-state index in [2.05, 4.69) is 20.0 Å². The quantitative estimate of drug-likeness (QED) is 0.162. The standard InChI is InChI=1S/C31H29FN4O5S/c32-25-7-11-27(12-8-25)40-21-31-35-29(20-41-31)23-5-13-28(14-6-23)42(38,39)36-26-9-3-22(4-10-26)15-17-34-19-30(37)24-2-1-16-33-18-24/h1-14,16,18,20,30,34,36-37H,15,17,19,21H2/t30-/m0/s1. The summed E-state index contributed by atoms with van der Waals surface area (Å²) in [4.78, 5) is 8.50. The number of aliphatic hydroxyl groups excluding tert-OH is 1. The number of sulfonamides is 1. The van der Waals surface area contributed by atoms with E-state index in [-0.39, 0.29) is 17.3 Å². The molecule has 0 saturated carbocycles. The van der Waals surface area contributed by atoms with Gasteiger partial charge in [0, 0.05) is 35.8 Å². The van der Waals surface area contributed by atoms with Crippen LogP contribution in [0.5, 0.6) is 5.75 Å². The molecule has 42 heavy (non-hydrogen) atoms. The van der Waals surface area contributed by atoms with E-state index in [9.17, 15) is 17.9 Å². The van der Waals surface area contributed by atoms with Gasteiger partial charge in [-0.05, 0) is 73.1 Å².